The van der Waals surface area contributed by atoms with Gasteiger partial charge >= 0.3 is 0 Å². The van der Waals surface area contributed by atoms with E-state index in [9.17, 15) is 4.79 Å². The van der Waals surface area contributed by atoms with Gasteiger partial charge < -0.3 is 14.2 Å². The molecule has 6 rings (SSSR count). The summed E-state index contributed by atoms with van der Waals surface area (Å²) in [5, 5.41) is 0. The van der Waals surface area contributed by atoms with Crippen LogP contribution in [-0.2, 0) is 6.42 Å². The second-order valence-electron chi connectivity index (χ2n) is 9.00. The van der Waals surface area contributed by atoms with Crippen molar-refractivity contribution in [2.24, 2.45) is 4.99 Å². The fraction of sp³-hybridized carbons (Fsp3) is 0.200. The van der Waals surface area contributed by atoms with Crippen molar-refractivity contribution in [2.75, 3.05) is 21.3 Å². The Bertz CT molecular complexity index is 1710. The molecule has 4 aromatic rings. The number of fused-ring (bicyclic) bond motifs is 3. The fourth-order valence-corrected chi connectivity index (χ4v) is 6.20. The van der Waals surface area contributed by atoms with E-state index in [1.54, 1.807) is 21.3 Å². The van der Waals surface area contributed by atoms with Gasteiger partial charge in [0.25, 0.3) is 5.56 Å². The SMILES string of the molecule is COc1ccc(C2C3=C(N=c4sc(=Cc5ccc(OC)c(OC)c5)c(=O)n42)c2ccccc2CC3)cc1. The number of nitrogens with zero attached hydrogens (tertiary/aromatic N) is 2. The van der Waals surface area contributed by atoms with E-state index in [1.165, 1.54) is 22.5 Å². The molecule has 7 heteroatoms. The van der Waals surface area contributed by atoms with Gasteiger partial charge in [0.2, 0.25) is 0 Å². The highest BCUT2D eigenvalue weighted by Crippen LogP contribution is 2.41. The van der Waals surface area contributed by atoms with E-state index in [4.69, 9.17) is 19.2 Å². The number of thiazole rings is 1. The van der Waals surface area contributed by atoms with Crippen LogP contribution in [0.2, 0.25) is 0 Å². The first-order valence-electron chi connectivity index (χ1n) is 12.1. The lowest BCUT2D eigenvalue weighted by molar-refractivity contribution is 0.355. The van der Waals surface area contributed by atoms with Crippen LogP contribution < -0.4 is 29.1 Å². The van der Waals surface area contributed by atoms with Gasteiger partial charge in [0.15, 0.2) is 16.3 Å². The summed E-state index contributed by atoms with van der Waals surface area (Å²) in [6, 6.07) is 21.8. The van der Waals surface area contributed by atoms with Crippen LogP contribution in [0.25, 0.3) is 11.8 Å². The molecule has 186 valence electrons. The van der Waals surface area contributed by atoms with E-state index in [1.807, 2.05) is 53.1 Å². The molecule has 3 aromatic carbocycles. The number of methoxy groups -OCH3 is 3. The van der Waals surface area contributed by atoms with Crippen LogP contribution in [0.15, 0.2) is 82.1 Å². The first kappa shape index (κ1) is 23.3. The highest BCUT2D eigenvalue weighted by atomic mass is 32.1. The van der Waals surface area contributed by atoms with Crippen molar-refractivity contribution in [3.63, 3.8) is 0 Å². The van der Waals surface area contributed by atoms with Crippen LogP contribution in [0.4, 0.5) is 0 Å². The maximum Gasteiger partial charge on any atom is 0.271 e. The van der Waals surface area contributed by atoms with Crippen molar-refractivity contribution in [3.05, 3.63) is 114 Å². The van der Waals surface area contributed by atoms with Crippen LogP contribution in [0.5, 0.6) is 17.2 Å². The average Bonchev–Trinajstić information content (AvgIpc) is 3.25. The van der Waals surface area contributed by atoms with Gasteiger partial charge in [-0.2, -0.15) is 0 Å². The second-order valence-corrected chi connectivity index (χ2v) is 10.0. The van der Waals surface area contributed by atoms with E-state index < -0.39 is 0 Å². The summed E-state index contributed by atoms with van der Waals surface area (Å²) in [6.45, 7) is 0. The quantitative estimate of drug-likeness (QED) is 0.401. The van der Waals surface area contributed by atoms with E-state index in [2.05, 4.69) is 24.3 Å². The Morgan fingerprint density at radius 1 is 0.919 bits per heavy atom. The van der Waals surface area contributed by atoms with Gasteiger partial charge in [-0.15, -0.1) is 0 Å². The van der Waals surface area contributed by atoms with Crippen LogP contribution in [0, 0.1) is 0 Å². The average molecular weight is 511 g/mol. The van der Waals surface area contributed by atoms with Gasteiger partial charge in [-0.1, -0.05) is 53.8 Å². The van der Waals surface area contributed by atoms with E-state index >= 15 is 0 Å². The number of aryl methyl sites for hydroxylation is 1. The largest absolute Gasteiger partial charge is 0.497 e. The van der Waals surface area contributed by atoms with Crippen LogP contribution in [0.3, 0.4) is 0 Å². The number of hydrogen-bond donors (Lipinski definition) is 0. The van der Waals surface area contributed by atoms with Crippen molar-refractivity contribution in [1.82, 2.24) is 4.57 Å². The van der Waals surface area contributed by atoms with Crippen molar-refractivity contribution in [2.45, 2.75) is 18.9 Å². The van der Waals surface area contributed by atoms with Gasteiger partial charge in [-0.3, -0.25) is 9.36 Å². The molecule has 0 fully saturated rings. The van der Waals surface area contributed by atoms with Crippen LogP contribution in [0.1, 0.15) is 34.7 Å². The van der Waals surface area contributed by atoms with Crippen molar-refractivity contribution in [3.8, 4) is 17.2 Å². The van der Waals surface area contributed by atoms with Gasteiger partial charge in [-0.25, -0.2) is 4.99 Å². The summed E-state index contributed by atoms with van der Waals surface area (Å²) in [5.41, 5.74) is 6.46. The number of allylic oxidation sites excluding steroid dienone is 1. The summed E-state index contributed by atoms with van der Waals surface area (Å²) < 4.78 is 18.7. The minimum atomic E-state index is -0.224. The summed E-state index contributed by atoms with van der Waals surface area (Å²) in [6.07, 6.45) is 3.67. The van der Waals surface area contributed by atoms with Gasteiger partial charge in [0.1, 0.15) is 5.75 Å². The maximum absolute atomic E-state index is 13.9. The van der Waals surface area contributed by atoms with Gasteiger partial charge in [0, 0.05) is 5.56 Å². The summed E-state index contributed by atoms with van der Waals surface area (Å²) in [5.74, 6) is 2.05. The highest BCUT2D eigenvalue weighted by molar-refractivity contribution is 7.07. The lowest BCUT2D eigenvalue weighted by Crippen LogP contribution is -2.38. The molecular weight excluding hydrogens is 484 g/mol. The Balaban J connectivity index is 1.57. The Morgan fingerprint density at radius 3 is 2.46 bits per heavy atom. The zero-order valence-electron chi connectivity index (χ0n) is 20.9. The van der Waals surface area contributed by atoms with Crippen LogP contribution in [-0.4, -0.2) is 25.9 Å². The van der Waals surface area contributed by atoms with E-state index in [-0.39, 0.29) is 11.6 Å². The first-order chi connectivity index (χ1) is 18.1. The monoisotopic (exact) mass is 510 g/mol. The molecule has 0 N–H and O–H groups in total. The zero-order chi connectivity index (χ0) is 25.5. The Morgan fingerprint density at radius 2 is 1.70 bits per heavy atom. The smallest absolute Gasteiger partial charge is 0.271 e. The van der Waals surface area contributed by atoms with Crippen LogP contribution >= 0.6 is 11.3 Å². The number of ether oxygens (including phenoxy) is 3. The molecule has 0 radical (unpaired) electrons. The minimum absolute atomic E-state index is 0.0511. The molecule has 0 bridgehead atoms. The molecule has 0 saturated carbocycles. The summed E-state index contributed by atoms with van der Waals surface area (Å²) >= 11 is 1.41. The third-order valence-electron chi connectivity index (χ3n) is 7.01. The van der Waals surface area contributed by atoms with Crippen molar-refractivity contribution in [1.29, 1.82) is 0 Å². The zero-order valence-corrected chi connectivity index (χ0v) is 21.7. The summed E-state index contributed by atoms with van der Waals surface area (Å²) in [4.78, 5) is 19.7. The first-order valence-corrected chi connectivity index (χ1v) is 12.9. The Kier molecular flexibility index (Phi) is 5.93. The Labute approximate surface area is 218 Å². The predicted molar refractivity (Wildman–Crippen MR) is 145 cm³/mol. The molecule has 1 atom stereocenters. The Hall–Kier alpha value is -4.10. The van der Waals surface area contributed by atoms with Crippen molar-refractivity contribution < 1.29 is 14.2 Å². The topological polar surface area (TPSA) is 62.0 Å². The third-order valence-corrected chi connectivity index (χ3v) is 7.99. The lowest BCUT2D eigenvalue weighted by Gasteiger charge is -2.30. The lowest BCUT2D eigenvalue weighted by atomic mass is 9.83. The number of benzene rings is 3. The van der Waals surface area contributed by atoms with E-state index in [0.717, 1.165) is 41.0 Å². The highest BCUT2D eigenvalue weighted by Gasteiger charge is 2.32. The van der Waals surface area contributed by atoms with E-state index in [0.29, 0.717) is 20.8 Å². The second kappa shape index (κ2) is 9.41. The molecule has 1 aliphatic carbocycles. The maximum atomic E-state index is 13.9. The number of rotatable bonds is 5. The third kappa shape index (κ3) is 3.96. The van der Waals surface area contributed by atoms with Gasteiger partial charge in [0.05, 0.1) is 37.6 Å². The molecule has 1 unspecified atom stereocenters. The molecule has 1 aliphatic heterocycles. The molecule has 0 saturated heterocycles. The molecule has 1 aromatic heterocycles. The fourth-order valence-electron chi connectivity index (χ4n) is 5.20. The molecule has 2 heterocycles. The standard InChI is InChI=1S/C30H26N2O4S/c1-34-21-12-9-20(10-13-21)28-23-14-11-19-6-4-5-7-22(19)27(23)31-30-32(28)29(33)26(37-30)17-18-8-15-24(35-2)25(16-18)36-3/h4-10,12-13,15-17,28H,11,14H2,1-3H3. The molecule has 37 heavy (non-hydrogen) atoms. The number of hydrogen-bond acceptors (Lipinski definition) is 6. The minimum Gasteiger partial charge on any atom is -0.497 e. The predicted octanol–water partition coefficient (Wildman–Crippen LogP) is 4.34. The molecule has 0 spiro atoms. The molecular formula is C30H26N2O4S. The number of aromatic nitrogens is 1. The van der Waals surface area contributed by atoms with Crippen molar-refractivity contribution >= 4 is 23.1 Å². The normalized spacial score (nSPS) is 16.4. The molecule has 2 aliphatic rings. The molecule has 0 amide bonds. The summed E-state index contributed by atoms with van der Waals surface area (Å²) in [7, 11) is 4.87. The van der Waals surface area contributed by atoms with Gasteiger partial charge in [-0.05, 0) is 65.4 Å². The molecule has 6 nitrogen and oxygen atoms in total.